The third kappa shape index (κ3) is 4.37. The quantitative estimate of drug-likeness (QED) is 0.763. The summed E-state index contributed by atoms with van der Waals surface area (Å²) in [5.74, 6) is 2.43. The summed E-state index contributed by atoms with van der Waals surface area (Å²) in [5, 5.41) is 1.26. The fourth-order valence-electron chi connectivity index (χ4n) is 4.56. The van der Waals surface area contributed by atoms with Crippen LogP contribution in [-0.4, -0.2) is 61.6 Å². The minimum absolute atomic E-state index is 0.315. The van der Waals surface area contributed by atoms with E-state index in [1.54, 1.807) is 0 Å². The van der Waals surface area contributed by atoms with Gasteiger partial charge in [-0.3, -0.25) is 0 Å². The highest BCUT2D eigenvalue weighted by Gasteiger charge is 2.25. The van der Waals surface area contributed by atoms with Gasteiger partial charge in [0.2, 0.25) is 0 Å². The Balaban J connectivity index is 1.17. The van der Waals surface area contributed by atoms with E-state index in [1.807, 2.05) is 0 Å². The van der Waals surface area contributed by atoms with Gasteiger partial charge in [-0.15, -0.1) is 0 Å². The predicted octanol–water partition coefficient (Wildman–Crippen LogP) is 3.56. The molecule has 2 aliphatic heterocycles. The Morgan fingerprint density at radius 3 is 2.43 bits per heavy atom. The van der Waals surface area contributed by atoms with Gasteiger partial charge >= 0.3 is 0 Å². The van der Waals surface area contributed by atoms with Gasteiger partial charge in [0.05, 0.1) is 31.9 Å². The third-order valence-electron chi connectivity index (χ3n) is 6.35. The van der Waals surface area contributed by atoms with E-state index < -0.39 is 0 Å². The lowest BCUT2D eigenvalue weighted by atomic mass is 10.0. The summed E-state index contributed by atoms with van der Waals surface area (Å²) in [6.07, 6.45) is 7.49. The lowest BCUT2D eigenvalue weighted by molar-refractivity contribution is 0.0642. The molecule has 1 aliphatic carbocycles. The van der Waals surface area contributed by atoms with Crippen LogP contribution in [0.15, 0.2) is 30.5 Å². The minimum atomic E-state index is 0.315. The number of benzene rings is 1. The molecule has 0 spiro atoms. The number of hydrogen-bond donors (Lipinski definition) is 0. The van der Waals surface area contributed by atoms with Gasteiger partial charge in [0.1, 0.15) is 11.9 Å². The fourth-order valence-corrected chi connectivity index (χ4v) is 4.56. The Morgan fingerprint density at radius 1 is 0.893 bits per heavy atom. The molecule has 0 radical (unpaired) electrons. The van der Waals surface area contributed by atoms with E-state index in [1.165, 1.54) is 23.7 Å². The average molecular weight is 385 g/mol. The van der Waals surface area contributed by atoms with Crippen LogP contribution in [0.3, 0.4) is 0 Å². The first-order valence-electron chi connectivity index (χ1n) is 11.0. The number of piperidine rings is 1. The average Bonchev–Trinajstić information content (AvgIpc) is 3.49. The van der Waals surface area contributed by atoms with Crippen molar-refractivity contribution in [3.8, 4) is 5.75 Å². The molecule has 5 rings (SSSR count). The zero-order chi connectivity index (χ0) is 18.8. The maximum atomic E-state index is 6.47. The highest BCUT2D eigenvalue weighted by Crippen LogP contribution is 2.34. The van der Waals surface area contributed by atoms with Gasteiger partial charge < -0.3 is 23.7 Å². The standard InChI is InChI=1S/C23H32N2O3/c1-2-22-21(8-11-25(22)15-18-4-5-18)23(3-1)28-20-6-9-24(10-7-20)14-19-16-26-12-13-27-17-19/h1-3,8,11,18-20H,4-7,9-10,12-17H2. The van der Waals surface area contributed by atoms with Crippen LogP contribution in [0.2, 0.25) is 0 Å². The Morgan fingerprint density at radius 2 is 1.68 bits per heavy atom. The van der Waals surface area contributed by atoms with Gasteiger partial charge in [-0.1, -0.05) is 6.07 Å². The second-order valence-corrected chi connectivity index (χ2v) is 8.73. The molecule has 3 aliphatic rings. The highest BCUT2D eigenvalue weighted by atomic mass is 16.5. The molecule has 3 fully saturated rings. The van der Waals surface area contributed by atoms with Crippen molar-refractivity contribution in [2.24, 2.45) is 11.8 Å². The zero-order valence-corrected chi connectivity index (χ0v) is 16.7. The van der Waals surface area contributed by atoms with E-state index in [0.717, 1.165) is 77.1 Å². The van der Waals surface area contributed by atoms with Crippen LogP contribution in [-0.2, 0) is 16.0 Å². The van der Waals surface area contributed by atoms with E-state index in [9.17, 15) is 0 Å². The Hall–Kier alpha value is -1.56. The van der Waals surface area contributed by atoms with E-state index in [0.29, 0.717) is 12.0 Å². The second kappa shape index (κ2) is 8.44. The summed E-state index contributed by atoms with van der Waals surface area (Å²) in [5.41, 5.74) is 1.31. The minimum Gasteiger partial charge on any atom is -0.490 e. The summed E-state index contributed by atoms with van der Waals surface area (Å²) in [6, 6.07) is 8.73. The Bertz CT molecular complexity index is 769. The van der Waals surface area contributed by atoms with Crippen LogP contribution in [0.5, 0.6) is 5.75 Å². The molecule has 3 heterocycles. The number of fused-ring (bicyclic) bond motifs is 1. The Labute approximate surface area is 167 Å². The summed E-state index contributed by atoms with van der Waals surface area (Å²) in [4.78, 5) is 2.55. The van der Waals surface area contributed by atoms with E-state index in [2.05, 4.69) is 39.9 Å². The molecule has 2 saturated heterocycles. The molecule has 2 aromatic rings. The van der Waals surface area contributed by atoms with Crippen molar-refractivity contribution in [1.82, 2.24) is 9.47 Å². The predicted molar refractivity (Wildman–Crippen MR) is 110 cm³/mol. The first-order valence-corrected chi connectivity index (χ1v) is 11.0. The largest absolute Gasteiger partial charge is 0.490 e. The number of rotatable bonds is 6. The van der Waals surface area contributed by atoms with Crippen molar-refractivity contribution in [1.29, 1.82) is 0 Å². The molecule has 0 atom stereocenters. The van der Waals surface area contributed by atoms with Gasteiger partial charge in [-0.05, 0) is 49.8 Å². The number of hydrogen-bond acceptors (Lipinski definition) is 4. The maximum Gasteiger partial charge on any atom is 0.129 e. The molecule has 0 bridgehead atoms. The summed E-state index contributed by atoms with van der Waals surface area (Å²) < 4.78 is 20.2. The first-order chi connectivity index (χ1) is 13.8. The third-order valence-corrected chi connectivity index (χ3v) is 6.35. The van der Waals surface area contributed by atoms with Crippen LogP contribution in [0, 0.1) is 11.8 Å². The normalized spacial score (nSPS) is 23.1. The zero-order valence-electron chi connectivity index (χ0n) is 16.7. The number of likely N-dealkylation sites (tertiary alicyclic amines) is 1. The maximum absolute atomic E-state index is 6.47. The molecule has 152 valence electrons. The molecule has 0 unspecified atom stereocenters. The van der Waals surface area contributed by atoms with Crippen molar-refractivity contribution in [2.75, 3.05) is 46.1 Å². The molecular formula is C23H32N2O3. The monoisotopic (exact) mass is 384 g/mol. The van der Waals surface area contributed by atoms with Gasteiger partial charge in [0.15, 0.2) is 0 Å². The number of aromatic nitrogens is 1. The first kappa shape index (κ1) is 18.5. The van der Waals surface area contributed by atoms with Crippen LogP contribution in [0.4, 0.5) is 0 Å². The summed E-state index contributed by atoms with van der Waals surface area (Å²) >= 11 is 0. The molecule has 0 N–H and O–H groups in total. The molecule has 0 amide bonds. The lowest BCUT2D eigenvalue weighted by Crippen LogP contribution is -2.42. The summed E-state index contributed by atoms with van der Waals surface area (Å²) in [6.45, 7) is 7.55. The molecule has 5 heteroatoms. The van der Waals surface area contributed by atoms with E-state index >= 15 is 0 Å². The van der Waals surface area contributed by atoms with Crippen LogP contribution in [0.25, 0.3) is 10.9 Å². The summed E-state index contributed by atoms with van der Waals surface area (Å²) in [7, 11) is 0. The molecule has 5 nitrogen and oxygen atoms in total. The molecule has 1 saturated carbocycles. The van der Waals surface area contributed by atoms with Crippen LogP contribution in [0.1, 0.15) is 25.7 Å². The van der Waals surface area contributed by atoms with Crippen molar-refractivity contribution in [2.45, 2.75) is 38.3 Å². The van der Waals surface area contributed by atoms with Crippen LogP contribution < -0.4 is 4.74 Å². The van der Waals surface area contributed by atoms with Crippen molar-refractivity contribution >= 4 is 10.9 Å². The van der Waals surface area contributed by atoms with Crippen molar-refractivity contribution in [3.05, 3.63) is 30.5 Å². The molecule has 1 aromatic carbocycles. The van der Waals surface area contributed by atoms with Gasteiger partial charge in [-0.2, -0.15) is 0 Å². The molecular weight excluding hydrogens is 352 g/mol. The van der Waals surface area contributed by atoms with Gasteiger partial charge in [0.25, 0.3) is 0 Å². The second-order valence-electron chi connectivity index (χ2n) is 8.73. The lowest BCUT2D eigenvalue weighted by Gasteiger charge is -2.34. The molecule has 1 aromatic heterocycles. The van der Waals surface area contributed by atoms with Crippen molar-refractivity contribution in [3.63, 3.8) is 0 Å². The van der Waals surface area contributed by atoms with Crippen molar-refractivity contribution < 1.29 is 14.2 Å². The van der Waals surface area contributed by atoms with E-state index in [4.69, 9.17) is 14.2 Å². The fraction of sp³-hybridized carbons (Fsp3) is 0.652. The highest BCUT2D eigenvalue weighted by molar-refractivity contribution is 5.86. The number of ether oxygens (including phenoxy) is 3. The van der Waals surface area contributed by atoms with Gasteiger partial charge in [0, 0.05) is 43.7 Å². The topological polar surface area (TPSA) is 35.9 Å². The smallest absolute Gasteiger partial charge is 0.129 e. The van der Waals surface area contributed by atoms with E-state index in [-0.39, 0.29) is 0 Å². The van der Waals surface area contributed by atoms with Gasteiger partial charge in [-0.25, -0.2) is 0 Å². The number of nitrogens with zero attached hydrogens (tertiary/aromatic N) is 2. The SMILES string of the molecule is c1cc(OC2CCN(CC3COCCOC3)CC2)c2ccn(CC3CC3)c2c1. The molecule has 28 heavy (non-hydrogen) atoms. The Kier molecular flexibility index (Phi) is 5.56. The van der Waals surface area contributed by atoms with Crippen LogP contribution >= 0.6 is 0 Å².